The van der Waals surface area contributed by atoms with Crippen LogP contribution in [0.3, 0.4) is 0 Å². The molecule has 2 atom stereocenters. The lowest BCUT2D eigenvalue weighted by atomic mass is 10.0. The first-order valence-corrected chi connectivity index (χ1v) is 6.67. The molecule has 16 heavy (non-hydrogen) atoms. The number of nitrogens with zero attached hydrogens (tertiary/aromatic N) is 2. The third kappa shape index (κ3) is 3.44. The normalized spacial score (nSPS) is 33.4. The topological polar surface area (TPSA) is 15.7 Å². The van der Waals surface area contributed by atoms with Crippen molar-refractivity contribution in [2.45, 2.75) is 19.3 Å². The van der Waals surface area contributed by atoms with Gasteiger partial charge < -0.3 is 14.5 Å². The van der Waals surface area contributed by atoms with Crippen molar-refractivity contribution in [3.8, 4) is 0 Å². The van der Waals surface area contributed by atoms with Crippen molar-refractivity contribution in [1.29, 1.82) is 0 Å². The molecule has 0 spiro atoms. The highest BCUT2D eigenvalue weighted by Crippen LogP contribution is 2.31. The van der Waals surface area contributed by atoms with E-state index in [2.05, 4.69) is 16.8 Å². The second-order valence-corrected chi connectivity index (χ2v) is 5.60. The molecule has 94 valence electrons. The average Bonchev–Trinajstić information content (AvgIpc) is 2.70. The minimum Gasteiger partial charge on any atom is -0.384 e. The summed E-state index contributed by atoms with van der Waals surface area (Å²) in [6.07, 6.45) is 4.19. The first kappa shape index (κ1) is 12.3. The third-order valence-electron chi connectivity index (χ3n) is 4.16. The standard InChI is InChI=1S/C13H26N2O/c1-14-5-7-15(8-6-14)10-12-3-4-13(9-12)11-16-2/h12-13H,3-11H2,1-2H3. The van der Waals surface area contributed by atoms with Gasteiger partial charge in [-0.05, 0) is 38.1 Å². The lowest BCUT2D eigenvalue weighted by Gasteiger charge is -2.33. The summed E-state index contributed by atoms with van der Waals surface area (Å²) in [6.45, 7) is 7.32. The quantitative estimate of drug-likeness (QED) is 0.718. The maximum Gasteiger partial charge on any atom is 0.0490 e. The number of piperazine rings is 1. The summed E-state index contributed by atoms with van der Waals surface area (Å²) in [5.41, 5.74) is 0. The van der Waals surface area contributed by atoms with Crippen LogP contribution < -0.4 is 0 Å². The number of hydrogen-bond donors (Lipinski definition) is 0. The second-order valence-electron chi connectivity index (χ2n) is 5.60. The predicted molar refractivity (Wildman–Crippen MR) is 66.6 cm³/mol. The van der Waals surface area contributed by atoms with E-state index in [1.165, 1.54) is 52.0 Å². The van der Waals surface area contributed by atoms with E-state index >= 15 is 0 Å². The van der Waals surface area contributed by atoms with Crippen molar-refractivity contribution in [2.75, 3.05) is 53.5 Å². The highest BCUT2D eigenvalue weighted by Gasteiger charge is 2.26. The monoisotopic (exact) mass is 226 g/mol. The molecule has 0 N–H and O–H groups in total. The Morgan fingerprint density at radius 3 is 2.44 bits per heavy atom. The van der Waals surface area contributed by atoms with Crippen LogP contribution in [0.15, 0.2) is 0 Å². The number of methoxy groups -OCH3 is 1. The van der Waals surface area contributed by atoms with E-state index in [9.17, 15) is 0 Å². The number of hydrogen-bond acceptors (Lipinski definition) is 3. The SMILES string of the molecule is COCC1CCC(CN2CCN(C)CC2)C1. The summed E-state index contributed by atoms with van der Waals surface area (Å²) in [5, 5.41) is 0. The summed E-state index contributed by atoms with van der Waals surface area (Å²) in [6, 6.07) is 0. The summed E-state index contributed by atoms with van der Waals surface area (Å²) >= 11 is 0. The van der Waals surface area contributed by atoms with Crippen molar-refractivity contribution < 1.29 is 4.74 Å². The van der Waals surface area contributed by atoms with E-state index in [-0.39, 0.29) is 0 Å². The molecule has 1 heterocycles. The van der Waals surface area contributed by atoms with Crippen molar-refractivity contribution in [1.82, 2.24) is 9.80 Å². The fourth-order valence-corrected chi connectivity index (χ4v) is 3.13. The number of ether oxygens (including phenoxy) is 1. The van der Waals surface area contributed by atoms with Gasteiger partial charge in [0.05, 0.1) is 0 Å². The lowest BCUT2D eigenvalue weighted by molar-refractivity contribution is 0.129. The van der Waals surface area contributed by atoms with Crippen LogP contribution in [0.5, 0.6) is 0 Å². The molecule has 2 unspecified atom stereocenters. The smallest absolute Gasteiger partial charge is 0.0490 e. The predicted octanol–water partition coefficient (Wildman–Crippen LogP) is 1.30. The van der Waals surface area contributed by atoms with Gasteiger partial charge in [-0.1, -0.05) is 0 Å². The Morgan fingerprint density at radius 2 is 1.75 bits per heavy atom. The van der Waals surface area contributed by atoms with Gasteiger partial charge in [-0.3, -0.25) is 0 Å². The molecular formula is C13H26N2O. The van der Waals surface area contributed by atoms with Crippen LogP contribution in [-0.4, -0.2) is 63.3 Å². The zero-order chi connectivity index (χ0) is 11.4. The van der Waals surface area contributed by atoms with Crippen molar-refractivity contribution in [3.05, 3.63) is 0 Å². The van der Waals surface area contributed by atoms with Gasteiger partial charge in [0.25, 0.3) is 0 Å². The van der Waals surface area contributed by atoms with Crippen LogP contribution >= 0.6 is 0 Å². The average molecular weight is 226 g/mol. The summed E-state index contributed by atoms with van der Waals surface area (Å²) < 4.78 is 5.26. The maximum atomic E-state index is 5.26. The van der Waals surface area contributed by atoms with Gasteiger partial charge in [0.15, 0.2) is 0 Å². The largest absolute Gasteiger partial charge is 0.384 e. The van der Waals surface area contributed by atoms with Gasteiger partial charge in [-0.2, -0.15) is 0 Å². The van der Waals surface area contributed by atoms with E-state index < -0.39 is 0 Å². The Hall–Kier alpha value is -0.120. The van der Waals surface area contributed by atoms with Crippen LogP contribution in [0, 0.1) is 11.8 Å². The zero-order valence-corrected chi connectivity index (χ0v) is 10.8. The van der Waals surface area contributed by atoms with E-state index in [0.717, 1.165) is 18.4 Å². The highest BCUT2D eigenvalue weighted by atomic mass is 16.5. The van der Waals surface area contributed by atoms with Crippen molar-refractivity contribution in [3.63, 3.8) is 0 Å². The van der Waals surface area contributed by atoms with Gasteiger partial charge in [0.1, 0.15) is 0 Å². The van der Waals surface area contributed by atoms with Crippen LogP contribution in [0.4, 0.5) is 0 Å². The van der Waals surface area contributed by atoms with E-state index in [4.69, 9.17) is 4.74 Å². The summed E-state index contributed by atoms with van der Waals surface area (Å²) in [7, 11) is 4.05. The van der Waals surface area contributed by atoms with Gasteiger partial charge in [-0.15, -0.1) is 0 Å². The fourth-order valence-electron chi connectivity index (χ4n) is 3.13. The molecular weight excluding hydrogens is 200 g/mol. The highest BCUT2D eigenvalue weighted by molar-refractivity contribution is 4.79. The van der Waals surface area contributed by atoms with Crippen LogP contribution in [0.2, 0.25) is 0 Å². The number of likely N-dealkylation sites (N-methyl/N-ethyl adjacent to an activating group) is 1. The van der Waals surface area contributed by atoms with Gasteiger partial charge >= 0.3 is 0 Å². The minimum absolute atomic E-state index is 0.836. The van der Waals surface area contributed by atoms with Crippen LogP contribution in [0.25, 0.3) is 0 Å². The molecule has 2 rings (SSSR count). The Balaban J connectivity index is 1.67. The lowest BCUT2D eigenvalue weighted by Crippen LogP contribution is -2.45. The van der Waals surface area contributed by atoms with Gasteiger partial charge in [0, 0.05) is 46.4 Å². The van der Waals surface area contributed by atoms with Gasteiger partial charge in [-0.25, -0.2) is 0 Å². The molecule has 2 fully saturated rings. The summed E-state index contributed by atoms with van der Waals surface area (Å²) in [4.78, 5) is 5.08. The third-order valence-corrected chi connectivity index (χ3v) is 4.16. The molecule has 0 bridgehead atoms. The van der Waals surface area contributed by atoms with E-state index in [0.29, 0.717) is 0 Å². The number of rotatable bonds is 4. The minimum atomic E-state index is 0.836. The molecule has 0 aromatic heterocycles. The first-order chi connectivity index (χ1) is 7.78. The van der Waals surface area contributed by atoms with E-state index in [1.807, 2.05) is 7.11 Å². The Bertz CT molecular complexity index is 202. The Labute approximate surface area is 99.7 Å². The molecule has 0 aromatic carbocycles. The van der Waals surface area contributed by atoms with Crippen molar-refractivity contribution in [2.24, 2.45) is 11.8 Å². The first-order valence-electron chi connectivity index (χ1n) is 6.67. The van der Waals surface area contributed by atoms with Crippen LogP contribution in [-0.2, 0) is 4.74 Å². The molecule has 0 radical (unpaired) electrons. The van der Waals surface area contributed by atoms with E-state index in [1.54, 1.807) is 0 Å². The molecule has 1 saturated carbocycles. The summed E-state index contributed by atoms with van der Waals surface area (Å²) in [5.74, 6) is 1.77. The Kier molecular flexibility index (Phi) is 4.62. The second kappa shape index (κ2) is 5.99. The van der Waals surface area contributed by atoms with Gasteiger partial charge in [0.2, 0.25) is 0 Å². The molecule has 0 amide bonds. The zero-order valence-electron chi connectivity index (χ0n) is 10.8. The molecule has 3 nitrogen and oxygen atoms in total. The molecule has 1 saturated heterocycles. The maximum absolute atomic E-state index is 5.26. The van der Waals surface area contributed by atoms with Crippen LogP contribution in [0.1, 0.15) is 19.3 Å². The molecule has 0 aromatic rings. The Morgan fingerprint density at radius 1 is 1.06 bits per heavy atom. The molecule has 1 aliphatic carbocycles. The molecule has 3 heteroatoms. The fraction of sp³-hybridized carbons (Fsp3) is 1.00. The molecule has 1 aliphatic heterocycles. The van der Waals surface area contributed by atoms with Crippen molar-refractivity contribution >= 4 is 0 Å². The molecule has 2 aliphatic rings.